The maximum atomic E-state index is 6.53. The fraction of sp³-hybridized carbons (Fsp3) is 0.294. The topological polar surface area (TPSA) is 26.0 Å². The highest BCUT2D eigenvalue weighted by Crippen LogP contribution is 2.29. The SMILES string of the molecule is CC(C)c1ccc(C(C)(N)c2cccc(Br)c2)cc1. The van der Waals surface area contributed by atoms with Gasteiger partial charge in [0.15, 0.2) is 0 Å². The van der Waals surface area contributed by atoms with Crippen molar-refractivity contribution in [3.05, 3.63) is 69.7 Å². The molecule has 0 heterocycles. The summed E-state index contributed by atoms with van der Waals surface area (Å²) in [6.07, 6.45) is 0. The number of hydrogen-bond acceptors (Lipinski definition) is 1. The summed E-state index contributed by atoms with van der Waals surface area (Å²) in [5.41, 5.74) is 9.65. The maximum absolute atomic E-state index is 6.53. The largest absolute Gasteiger partial charge is 0.318 e. The number of halogens is 1. The number of rotatable bonds is 3. The fourth-order valence-electron chi connectivity index (χ4n) is 2.19. The van der Waals surface area contributed by atoms with Crippen LogP contribution in [0.1, 0.15) is 43.4 Å². The lowest BCUT2D eigenvalue weighted by molar-refractivity contribution is 0.602. The van der Waals surface area contributed by atoms with Gasteiger partial charge in [0.05, 0.1) is 5.54 Å². The van der Waals surface area contributed by atoms with Gasteiger partial charge in [-0.1, -0.05) is 66.2 Å². The van der Waals surface area contributed by atoms with Crippen molar-refractivity contribution >= 4 is 15.9 Å². The summed E-state index contributed by atoms with van der Waals surface area (Å²) in [5, 5.41) is 0. The Bertz CT molecular complexity index is 556. The Morgan fingerprint density at radius 3 is 2.16 bits per heavy atom. The molecular formula is C17H20BrN. The van der Waals surface area contributed by atoms with E-state index in [0.717, 1.165) is 15.6 Å². The minimum absolute atomic E-state index is 0.473. The molecule has 1 unspecified atom stereocenters. The van der Waals surface area contributed by atoms with Crippen molar-refractivity contribution in [1.82, 2.24) is 0 Å². The molecule has 0 saturated carbocycles. The minimum atomic E-state index is -0.473. The van der Waals surface area contributed by atoms with Crippen LogP contribution in [-0.2, 0) is 5.54 Å². The Morgan fingerprint density at radius 1 is 1.00 bits per heavy atom. The molecule has 0 aliphatic heterocycles. The van der Waals surface area contributed by atoms with Crippen LogP contribution in [0.15, 0.2) is 53.0 Å². The van der Waals surface area contributed by atoms with Gasteiger partial charge in [-0.15, -0.1) is 0 Å². The Labute approximate surface area is 124 Å². The van der Waals surface area contributed by atoms with Gasteiger partial charge in [-0.25, -0.2) is 0 Å². The summed E-state index contributed by atoms with van der Waals surface area (Å²) in [7, 11) is 0. The van der Waals surface area contributed by atoms with Crippen molar-refractivity contribution in [3.63, 3.8) is 0 Å². The molecule has 100 valence electrons. The monoisotopic (exact) mass is 317 g/mol. The molecule has 2 aromatic carbocycles. The van der Waals surface area contributed by atoms with E-state index in [-0.39, 0.29) is 0 Å². The van der Waals surface area contributed by atoms with E-state index >= 15 is 0 Å². The minimum Gasteiger partial charge on any atom is -0.318 e. The molecular weight excluding hydrogens is 298 g/mol. The smallest absolute Gasteiger partial charge is 0.0637 e. The second kappa shape index (κ2) is 5.48. The molecule has 19 heavy (non-hydrogen) atoms. The van der Waals surface area contributed by atoms with Gasteiger partial charge in [-0.3, -0.25) is 0 Å². The highest BCUT2D eigenvalue weighted by Gasteiger charge is 2.23. The highest BCUT2D eigenvalue weighted by atomic mass is 79.9. The molecule has 0 aromatic heterocycles. The predicted octanol–water partition coefficient (Wildman–Crippen LogP) is 4.79. The first-order valence-corrected chi connectivity index (χ1v) is 7.36. The van der Waals surface area contributed by atoms with Gasteiger partial charge >= 0.3 is 0 Å². The zero-order valence-corrected chi connectivity index (χ0v) is 13.2. The van der Waals surface area contributed by atoms with E-state index in [1.807, 2.05) is 12.1 Å². The van der Waals surface area contributed by atoms with Crippen LogP contribution >= 0.6 is 15.9 Å². The molecule has 2 N–H and O–H groups in total. The van der Waals surface area contributed by atoms with Crippen molar-refractivity contribution in [2.24, 2.45) is 5.73 Å². The van der Waals surface area contributed by atoms with Crippen LogP contribution in [0, 0.1) is 0 Å². The molecule has 0 radical (unpaired) electrons. The van der Waals surface area contributed by atoms with E-state index in [1.54, 1.807) is 0 Å². The lowest BCUT2D eigenvalue weighted by atomic mass is 9.85. The fourth-order valence-corrected chi connectivity index (χ4v) is 2.59. The van der Waals surface area contributed by atoms with Crippen LogP contribution in [0.5, 0.6) is 0 Å². The summed E-state index contributed by atoms with van der Waals surface area (Å²) < 4.78 is 1.06. The quantitative estimate of drug-likeness (QED) is 0.865. The molecule has 0 aliphatic rings. The van der Waals surface area contributed by atoms with Gasteiger partial charge in [-0.2, -0.15) is 0 Å². The lowest BCUT2D eigenvalue weighted by Crippen LogP contribution is -2.34. The van der Waals surface area contributed by atoms with E-state index in [0.29, 0.717) is 5.92 Å². The molecule has 2 heteroatoms. The zero-order chi connectivity index (χ0) is 14.0. The molecule has 2 rings (SSSR count). The summed E-state index contributed by atoms with van der Waals surface area (Å²) in [5.74, 6) is 0.545. The van der Waals surface area contributed by atoms with Crippen LogP contribution in [0.4, 0.5) is 0 Å². The first kappa shape index (κ1) is 14.3. The third kappa shape index (κ3) is 3.07. The van der Waals surface area contributed by atoms with Gasteiger partial charge in [0, 0.05) is 4.47 Å². The number of hydrogen-bond donors (Lipinski definition) is 1. The van der Waals surface area contributed by atoms with Crippen molar-refractivity contribution in [3.8, 4) is 0 Å². The van der Waals surface area contributed by atoms with Crippen molar-refractivity contribution in [2.75, 3.05) is 0 Å². The first-order chi connectivity index (χ1) is 8.91. The normalized spacial score (nSPS) is 14.4. The Morgan fingerprint density at radius 2 is 1.63 bits per heavy atom. The third-order valence-electron chi connectivity index (χ3n) is 3.60. The maximum Gasteiger partial charge on any atom is 0.0637 e. The van der Waals surface area contributed by atoms with E-state index in [2.05, 4.69) is 73.1 Å². The van der Waals surface area contributed by atoms with Crippen LogP contribution in [0.25, 0.3) is 0 Å². The van der Waals surface area contributed by atoms with Crippen LogP contribution in [0.3, 0.4) is 0 Å². The van der Waals surface area contributed by atoms with Gasteiger partial charge in [0.25, 0.3) is 0 Å². The van der Waals surface area contributed by atoms with Gasteiger partial charge in [-0.05, 0) is 41.7 Å². The van der Waals surface area contributed by atoms with Crippen LogP contribution < -0.4 is 5.73 Å². The molecule has 0 amide bonds. The molecule has 0 aliphatic carbocycles. The first-order valence-electron chi connectivity index (χ1n) is 6.56. The van der Waals surface area contributed by atoms with Gasteiger partial charge in [0.1, 0.15) is 0 Å². The van der Waals surface area contributed by atoms with E-state index < -0.39 is 5.54 Å². The Kier molecular flexibility index (Phi) is 4.12. The zero-order valence-electron chi connectivity index (χ0n) is 11.7. The van der Waals surface area contributed by atoms with Crippen molar-refractivity contribution in [2.45, 2.75) is 32.2 Å². The van der Waals surface area contributed by atoms with Gasteiger partial charge < -0.3 is 5.73 Å². The van der Waals surface area contributed by atoms with Crippen LogP contribution in [0.2, 0.25) is 0 Å². The van der Waals surface area contributed by atoms with Crippen molar-refractivity contribution < 1.29 is 0 Å². The van der Waals surface area contributed by atoms with Gasteiger partial charge in [0.2, 0.25) is 0 Å². The Balaban J connectivity index is 2.38. The molecule has 0 saturated heterocycles. The molecule has 0 spiro atoms. The highest BCUT2D eigenvalue weighted by molar-refractivity contribution is 9.10. The molecule has 1 atom stereocenters. The summed E-state index contributed by atoms with van der Waals surface area (Å²) in [6.45, 7) is 6.45. The number of benzene rings is 2. The molecule has 2 aromatic rings. The molecule has 0 fully saturated rings. The average molecular weight is 318 g/mol. The second-order valence-corrected chi connectivity index (χ2v) is 6.41. The average Bonchev–Trinajstić information content (AvgIpc) is 2.39. The molecule has 0 bridgehead atoms. The van der Waals surface area contributed by atoms with E-state index in [1.165, 1.54) is 5.56 Å². The predicted molar refractivity (Wildman–Crippen MR) is 85.3 cm³/mol. The van der Waals surface area contributed by atoms with E-state index in [9.17, 15) is 0 Å². The third-order valence-corrected chi connectivity index (χ3v) is 4.09. The van der Waals surface area contributed by atoms with Crippen LogP contribution in [-0.4, -0.2) is 0 Å². The Hall–Kier alpha value is -1.12. The second-order valence-electron chi connectivity index (χ2n) is 5.49. The number of nitrogens with two attached hydrogens (primary N) is 1. The van der Waals surface area contributed by atoms with Crippen molar-refractivity contribution in [1.29, 1.82) is 0 Å². The summed E-state index contributed by atoms with van der Waals surface area (Å²) in [4.78, 5) is 0. The van der Waals surface area contributed by atoms with E-state index in [4.69, 9.17) is 5.73 Å². The lowest BCUT2D eigenvalue weighted by Gasteiger charge is -2.26. The standard InChI is InChI=1S/C17H20BrN/c1-12(2)13-7-9-14(10-8-13)17(3,19)15-5-4-6-16(18)11-15/h4-12H,19H2,1-3H3. The summed E-state index contributed by atoms with van der Waals surface area (Å²) >= 11 is 3.50. The molecule has 1 nitrogen and oxygen atoms in total. The summed E-state index contributed by atoms with van der Waals surface area (Å²) in [6, 6.07) is 16.8.